The number of benzene rings is 4. The number of nitrogens with zero attached hydrogens (tertiary/aromatic N) is 4. The summed E-state index contributed by atoms with van der Waals surface area (Å²) in [6.45, 7) is 4.33. The number of hydrogen-bond acceptors (Lipinski definition) is 8. The van der Waals surface area contributed by atoms with E-state index in [1.165, 1.54) is 20.3 Å². The van der Waals surface area contributed by atoms with E-state index >= 15 is 4.39 Å². The molecule has 0 radical (unpaired) electrons. The van der Waals surface area contributed by atoms with E-state index in [0.29, 0.717) is 40.6 Å². The second kappa shape index (κ2) is 16.6. The van der Waals surface area contributed by atoms with E-state index < -0.39 is 30.1 Å². The van der Waals surface area contributed by atoms with E-state index in [1.54, 1.807) is 29.3 Å². The van der Waals surface area contributed by atoms with Crippen molar-refractivity contribution >= 4 is 45.8 Å². The monoisotopic (exact) mass is 840 g/mol. The molecule has 3 fully saturated rings. The third-order valence-corrected chi connectivity index (χ3v) is 12.9. The van der Waals surface area contributed by atoms with Crippen molar-refractivity contribution < 1.29 is 33.0 Å². The molecule has 4 aromatic carbocycles. The summed E-state index contributed by atoms with van der Waals surface area (Å²) in [6, 6.07) is 21.9. The summed E-state index contributed by atoms with van der Waals surface area (Å²) in [6.07, 6.45) is 4.44. The first-order chi connectivity index (χ1) is 30.0. The largest absolute Gasteiger partial charge is 0.453 e. The highest BCUT2D eigenvalue weighted by molar-refractivity contribution is 6.05. The zero-order valence-electron chi connectivity index (χ0n) is 35.0. The van der Waals surface area contributed by atoms with Gasteiger partial charge in [-0.05, 0) is 90.3 Å². The van der Waals surface area contributed by atoms with Gasteiger partial charge in [0.05, 0.1) is 49.2 Å². The van der Waals surface area contributed by atoms with Crippen LogP contribution >= 0.6 is 0 Å². The molecule has 2 aliphatic heterocycles. The van der Waals surface area contributed by atoms with Gasteiger partial charge in [-0.15, -0.1) is 0 Å². The molecular formula is C47H49FN8O6. The van der Waals surface area contributed by atoms with Gasteiger partial charge in [0.25, 0.3) is 5.91 Å². The van der Waals surface area contributed by atoms with Gasteiger partial charge >= 0.3 is 12.2 Å². The van der Waals surface area contributed by atoms with E-state index in [1.807, 2.05) is 73.3 Å². The van der Waals surface area contributed by atoms with Crippen molar-refractivity contribution in [1.82, 2.24) is 40.4 Å². The van der Waals surface area contributed by atoms with Crippen molar-refractivity contribution in [3.63, 3.8) is 0 Å². The number of fused-ring (bicyclic) bond motifs is 5. The third kappa shape index (κ3) is 7.38. The van der Waals surface area contributed by atoms with Crippen molar-refractivity contribution in [2.24, 2.45) is 11.8 Å². The number of halogens is 1. The lowest BCUT2D eigenvalue weighted by Gasteiger charge is -2.36. The highest BCUT2D eigenvalue weighted by Crippen LogP contribution is 2.51. The van der Waals surface area contributed by atoms with E-state index in [9.17, 15) is 19.2 Å². The SMILES string of the molecule is COC(=O)N[C@H](C(=O)N1CCC[C@H]1c1nc2c(ccc3cc(-c4ccc(-c5cnc(C6[C@H]7CC[C@H](C7)N6C(=O)[C@H](NC(=O)OC)c6ccccc6)[nH]5)c(F)c4)ccc32)[nH]1)C(C)C. The summed E-state index contributed by atoms with van der Waals surface area (Å²) in [5.41, 5.74) is 4.66. The first-order valence-electron chi connectivity index (χ1n) is 21.2. The molecule has 3 aliphatic rings. The normalized spacial score (nSPS) is 20.5. The molecule has 320 valence electrons. The fraction of sp³-hybridized carbons (Fsp3) is 0.362. The van der Waals surface area contributed by atoms with E-state index in [0.717, 1.165) is 59.5 Å². The lowest BCUT2D eigenvalue weighted by molar-refractivity contribution is -0.138. The summed E-state index contributed by atoms with van der Waals surface area (Å²) < 4.78 is 25.8. The number of hydrogen-bond donors (Lipinski definition) is 4. The number of carbonyl (C=O) groups excluding carboxylic acids is 4. The van der Waals surface area contributed by atoms with Crippen LogP contribution in [-0.4, -0.2) is 86.6 Å². The number of methoxy groups -OCH3 is 2. The standard InChI is InChI=1S/C47H49FN8O6/c1-25(2)38(53-46(59)61-3)44(57)55-20-8-11-37(55)42-50-35-19-15-29-21-27(13-17-32(29)40(35)52-42)28-14-18-33(34(48)23-28)36-24-49-43(51-36)41-30-12-16-31(22-30)56(41)45(58)39(54-47(60)62-4)26-9-6-5-7-10-26/h5-7,9-10,13-15,17-19,21,23-25,30-31,37-39,41H,8,11-12,16,20,22H2,1-4H3,(H,49,51)(H,50,52)(H,53,59)(H,54,60)/t30-,31+,37-,38-,39+,41?/m0/s1. The van der Waals surface area contributed by atoms with Crippen molar-refractivity contribution in [3.05, 3.63) is 108 Å². The van der Waals surface area contributed by atoms with Crippen LogP contribution in [0.15, 0.2) is 85.1 Å². The van der Waals surface area contributed by atoms with Crippen LogP contribution in [-0.2, 0) is 19.1 Å². The van der Waals surface area contributed by atoms with Crippen LogP contribution in [0.5, 0.6) is 0 Å². The zero-order valence-corrected chi connectivity index (χ0v) is 35.0. The molecular weight excluding hydrogens is 792 g/mol. The Labute approximate surface area is 357 Å². The van der Waals surface area contributed by atoms with Crippen LogP contribution in [0.1, 0.15) is 81.3 Å². The fourth-order valence-electron chi connectivity index (χ4n) is 9.80. The van der Waals surface area contributed by atoms with Crippen LogP contribution in [0.25, 0.3) is 44.2 Å². The highest BCUT2D eigenvalue weighted by atomic mass is 19.1. The molecule has 14 nitrogen and oxygen atoms in total. The van der Waals surface area contributed by atoms with E-state index in [4.69, 9.17) is 19.4 Å². The van der Waals surface area contributed by atoms with E-state index in [2.05, 4.69) is 20.6 Å². The fourth-order valence-corrected chi connectivity index (χ4v) is 9.80. The van der Waals surface area contributed by atoms with Gasteiger partial charge in [-0.2, -0.15) is 0 Å². The number of piperidine rings is 1. The molecule has 2 aromatic heterocycles. The number of H-pyrrole nitrogens is 2. The molecule has 15 heteroatoms. The number of imidazole rings is 2. The molecule has 9 rings (SSSR count). The zero-order chi connectivity index (χ0) is 43.2. The van der Waals surface area contributed by atoms with Crippen molar-refractivity contribution in [1.29, 1.82) is 0 Å². The van der Waals surface area contributed by atoms with Crippen molar-refractivity contribution in [2.45, 2.75) is 76.2 Å². The molecule has 0 spiro atoms. The summed E-state index contributed by atoms with van der Waals surface area (Å²) in [7, 11) is 2.55. The average Bonchev–Trinajstić information content (AvgIpc) is 4.15. The number of ether oxygens (including phenoxy) is 2. The van der Waals surface area contributed by atoms with Crippen LogP contribution in [0, 0.1) is 17.7 Å². The van der Waals surface area contributed by atoms with Crippen LogP contribution < -0.4 is 10.6 Å². The molecule has 2 saturated heterocycles. The Morgan fingerprint density at radius 3 is 2.35 bits per heavy atom. The van der Waals surface area contributed by atoms with Crippen LogP contribution in [0.4, 0.5) is 14.0 Å². The number of rotatable bonds is 10. The molecule has 1 unspecified atom stereocenters. The number of aromatic nitrogens is 4. The van der Waals surface area contributed by atoms with Crippen molar-refractivity contribution in [2.75, 3.05) is 20.8 Å². The summed E-state index contributed by atoms with van der Waals surface area (Å²) >= 11 is 0. The molecule has 4 heterocycles. The number of nitrogens with one attached hydrogen (secondary N) is 4. The second-order valence-electron chi connectivity index (χ2n) is 16.8. The number of alkyl carbamates (subject to hydrolysis) is 2. The van der Waals surface area contributed by atoms with Gasteiger partial charge in [-0.25, -0.2) is 23.9 Å². The topological polar surface area (TPSA) is 175 Å². The summed E-state index contributed by atoms with van der Waals surface area (Å²) in [4.78, 5) is 72.6. The van der Waals surface area contributed by atoms with Crippen LogP contribution in [0.2, 0.25) is 0 Å². The number of carbonyl (C=O) groups is 4. The molecule has 2 bridgehead atoms. The second-order valence-corrected chi connectivity index (χ2v) is 16.8. The van der Waals surface area contributed by atoms with Gasteiger partial charge < -0.3 is 39.9 Å². The lowest BCUT2D eigenvalue weighted by Crippen LogP contribution is -2.51. The summed E-state index contributed by atoms with van der Waals surface area (Å²) in [5.74, 6) is 0.475. The van der Waals surface area contributed by atoms with Crippen LogP contribution in [0.3, 0.4) is 0 Å². The van der Waals surface area contributed by atoms with Gasteiger partial charge in [0.15, 0.2) is 0 Å². The number of likely N-dealkylation sites (tertiary alicyclic amines) is 2. The average molecular weight is 841 g/mol. The summed E-state index contributed by atoms with van der Waals surface area (Å²) in [5, 5.41) is 7.28. The molecule has 1 aliphatic carbocycles. The molecule has 6 atom stereocenters. The lowest BCUT2D eigenvalue weighted by atomic mass is 9.96. The molecule has 1 saturated carbocycles. The Bertz CT molecular complexity index is 2680. The Hall–Kier alpha value is -6.77. The Morgan fingerprint density at radius 2 is 1.60 bits per heavy atom. The third-order valence-electron chi connectivity index (χ3n) is 12.9. The maximum absolute atomic E-state index is 16.1. The maximum atomic E-state index is 16.1. The number of amides is 4. The molecule has 4 amide bonds. The van der Waals surface area contributed by atoms with Crippen molar-refractivity contribution in [3.8, 4) is 22.4 Å². The predicted molar refractivity (Wildman–Crippen MR) is 230 cm³/mol. The Morgan fingerprint density at radius 1 is 0.839 bits per heavy atom. The van der Waals surface area contributed by atoms with Gasteiger partial charge in [-0.3, -0.25) is 9.59 Å². The van der Waals surface area contributed by atoms with Gasteiger partial charge in [0.1, 0.15) is 29.5 Å². The molecule has 4 N–H and O–H groups in total. The Kier molecular flexibility index (Phi) is 10.9. The molecule has 62 heavy (non-hydrogen) atoms. The van der Waals surface area contributed by atoms with E-state index in [-0.39, 0.29) is 41.8 Å². The number of aromatic amines is 2. The smallest absolute Gasteiger partial charge is 0.407 e. The minimum Gasteiger partial charge on any atom is -0.453 e. The first kappa shape index (κ1) is 40.6. The van der Waals surface area contributed by atoms with Gasteiger partial charge in [0.2, 0.25) is 5.91 Å². The molecule has 6 aromatic rings. The quantitative estimate of drug-likeness (QED) is 0.107. The minimum atomic E-state index is -0.940. The maximum Gasteiger partial charge on any atom is 0.407 e. The van der Waals surface area contributed by atoms with Gasteiger partial charge in [0, 0.05) is 23.5 Å². The predicted octanol–water partition coefficient (Wildman–Crippen LogP) is 8.11. The highest BCUT2D eigenvalue weighted by Gasteiger charge is 2.51. The minimum absolute atomic E-state index is 0.00460. The van der Waals surface area contributed by atoms with Gasteiger partial charge in [-0.1, -0.05) is 68.4 Å². The Balaban J connectivity index is 0.947. The first-order valence-corrected chi connectivity index (χ1v) is 21.2.